The first-order chi connectivity index (χ1) is 15.4. The molecule has 0 unspecified atom stereocenters. The molecule has 0 bridgehead atoms. The molecule has 4 aromatic rings. The fraction of sp³-hybridized carbons (Fsp3) is 0.125. The highest BCUT2D eigenvalue weighted by molar-refractivity contribution is 7.90. The number of phenols is 1. The maximum absolute atomic E-state index is 13.5. The van der Waals surface area contributed by atoms with E-state index >= 15 is 0 Å². The smallest absolute Gasteiger partial charge is 0.268 e. The molecule has 6 nitrogen and oxygen atoms in total. The Balaban J connectivity index is 1.87. The van der Waals surface area contributed by atoms with Crippen molar-refractivity contribution in [2.75, 3.05) is 12.5 Å². The van der Waals surface area contributed by atoms with Crippen LogP contribution in [0.3, 0.4) is 0 Å². The van der Waals surface area contributed by atoms with Gasteiger partial charge >= 0.3 is 0 Å². The highest BCUT2D eigenvalue weighted by Crippen LogP contribution is 2.32. The number of benzene rings is 3. The van der Waals surface area contributed by atoms with Gasteiger partial charge in [0.1, 0.15) is 17.2 Å². The standard InChI is InChI=1S/C24H20ClNO5S/c25-13-6-14-31-18-8-4-7-17(15-18)24(28)22-16-20-21(11-5-12-23(20)27)26(22)32(29,30)19-9-2-1-3-10-19/h1-5,7-12,15-16,27H,6,13-14H2. The monoisotopic (exact) mass is 469 g/mol. The predicted molar refractivity (Wildman–Crippen MR) is 123 cm³/mol. The van der Waals surface area contributed by atoms with Crippen LogP contribution in [0, 0.1) is 0 Å². The molecule has 8 heteroatoms. The molecular weight excluding hydrogens is 450 g/mol. The van der Waals surface area contributed by atoms with Gasteiger partial charge in [0.15, 0.2) is 0 Å². The lowest BCUT2D eigenvalue weighted by atomic mass is 10.1. The van der Waals surface area contributed by atoms with Gasteiger partial charge in [0.05, 0.1) is 17.0 Å². The van der Waals surface area contributed by atoms with Crippen molar-refractivity contribution in [3.05, 3.63) is 90.1 Å². The minimum Gasteiger partial charge on any atom is -0.507 e. The fourth-order valence-corrected chi connectivity index (χ4v) is 5.06. The maximum Gasteiger partial charge on any atom is 0.268 e. The number of hydrogen-bond donors (Lipinski definition) is 1. The van der Waals surface area contributed by atoms with Crippen LogP contribution >= 0.6 is 11.6 Å². The van der Waals surface area contributed by atoms with E-state index in [0.29, 0.717) is 24.7 Å². The first kappa shape index (κ1) is 21.9. The van der Waals surface area contributed by atoms with Gasteiger partial charge in [-0.1, -0.05) is 36.4 Å². The lowest BCUT2D eigenvalue weighted by Crippen LogP contribution is -2.19. The van der Waals surface area contributed by atoms with Crippen LogP contribution < -0.4 is 4.74 Å². The molecule has 1 heterocycles. The molecule has 164 valence electrons. The number of fused-ring (bicyclic) bond motifs is 1. The topological polar surface area (TPSA) is 85.6 Å². The van der Waals surface area contributed by atoms with Crippen molar-refractivity contribution in [2.24, 2.45) is 0 Å². The number of carbonyl (C=O) groups excluding carboxylic acids is 1. The fourth-order valence-electron chi connectivity index (χ4n) is 3.43. The zero-order chi connectivity index (χ0) is 22.7. The first-order valence-electron chi connectivity index (χ1n) is 9.91. The van der Waals surface area contributed by atoms with Crippen LogP contribution in [-0.4, -0.2) is 35.8 Å². The molecule has 0 amide bonds. The first-order valence-corrected chi connectivity index (χ1v) is 11.9. The summed E-state index contributed by atoms with van der Waals surface area (Å²) < 4.78 is 33.6. The van der Waals surface area contributed by atoms with Gasteiger partial charge < -0.3 is 9.84 Å². The van der Waals surface area contributed by atoms with E-state index in [1.807, 2.05) is 0 Å². The Morgan fingerprint density at radius 1 is 0.969 bits per heavy atom. The molecule has 0 spiro atoms. The average Bonchev–Trinajstić information content (AvgIpc) is 3.21. The van der Waals surface area contributed by atoms with Crippen molar-refractivity contribution in [3.8, 4) is 11.5 Å². The van der Waals surface area contributed by atoms with E-state index in [1.54, 1.807) is 48.5 Å². The summed E-state index contributed by atoms with van der Waals surface area (Å²) >= 11 is 5.68. The van der Waals surface area contributed by atoms with Gasteiger partial charge in [-0.05, 0) is 48.9 Å². The Morgan fingerprint density at radius 3 is 2.47 bits per heavy atom. The predicted octanol–water partition coefficient (Wildman–Crippen LogP) is 4.82. The quantitative estimate of drug-likeness (QED) is 0.227. The number of aromatic hydroxyl groups is 1. The number of rotatable bonds is 8. The molecule has 1 N–H and O–H groups in total. The van der Waals surface area contributed by atoms with Crippen LogP contribution in [0.25, 0.3) is 10.9 Å². The van der Waals surface area contributed by atoms with E-state index in [1.165, 1.54) is 30.3 Å². The van der Waals surface area contributed by atoms with Crippen LogP contribution in [0.15, 0.2) is 83.8 Å². The minimum atomic E-state index is -4.11. The maximum atomic E-state index is 13.5. The largest absolute Gasteiger partial charge is 0.507 e. The van der Waals surface area contributed by atoms with E-state index in [9.17, 15) is 18.3 Å². The minimum absolute atomic E-state index is 0.0352. The summed E-state index contributed by atoms with van der Waals surface area (Å²) in [4.78, 5) is 13.5. The molecule has 0 aliphatic carbocycles. The number of carbonyl (C=O) groups is 1. The zero-order valence-corrected chi connectivity index (χ0v) is 18.5. The van der Waals surface area contributed by atoms with Gasteiger partial charge in [-0.15, -0.1) is 11.6 Å². The lowest BCUT2D eigenvalue weighted by molar-refractivity contribution is 0.103. The average molecular weight is 470 g/mol. The van der Waals surface area contributed by atoms with Crippen LogP contribution in [0.4, 0.5) is 0 Å². The molecule has 32 heavy (non-hydrogen) atoms. The number of alkyl halides is 1. The molecule has 0 fully saturated rings. The summed E-state index contributed by atoms with van der Waals surface area (Å²) in [6, 6.07) is 20.3. The Bertz CT molecular complexity index is 1380. The van der Waals surface area contributed by atoms with Gasteiger partial charge in [-0.3, -0.25) is 4.79 Å². The number of ketones is 1. The third-order valence-corrected chi connectivity index (χ3v) is 6.94. The Kier molecular flexibility index (Phi) is 6.21. The molecule has 0 saturated carbocycles. The Morgan fingerprint density at radius 2 is 1.72 bits per heavy atom. The van der Waals surface area contributed by atoms with Gasteiger partial charge in [0.2, 0.25) is 5.78 Å². The summed E-state index contributed by atoms with van der Waals surface area (Å²) in [7, 11) is -4.11. The van der Waals surface area contributed by atoms with E-state index in [-0.39, 0.29) is 32.8 Å². The van der Waals surface area contributed by atoms with E-state index in [2.05, 4.69) is 0 Å². The molecule has 0 atom stereocenters. The van der Waals surface area contributed by atoms with E-state index in [4.69, 9.17) is 16.3 Å². The highest BCUT2D eigenvalue weighted by atomic mass is 35.5. The van der Waals surface area contributed by atoms with Gasteiger partial charge in [-0.2, -0.15) is 0 Å². The number of ether oxygens (including phenoxy) is 1. The molecule has 0 saturated heterocycles. The third-order valence-electron chi connectivity index (χ3n) is 4.94. The molecule has 0 aliphatic rings. The Hall–Kier alpha value is -3.29. The second-order valence-electron chi connectivity index (χ2n) is 7.07. The molecule has 4 rings (SSSR count). The van der Waals surface area contributed by atoms with Crippen molar-refractivity contribution in [1.82, 2.24) is 3.97 Å². The number of aromatic nitrogens is 1. The van der Waals surface area contributed by atoms with E-state index < -0.39 is 15.8 Å². The summed E-state index contributed by atoms with van der Waals surface area (Å²) in [6.07, 6.45) is 0.655. The van der Waals surface area contributed by atoms with Crippen molar-refractivity contribution < 1.29 is 23.1 Å². The number of hydrogen-bond acceptors (Lipinski definition) is 5. The van der Waals surface area contributed by atoms with Crippen LogP contribution in [-0.2, 0) is 10.0 Å². The van der Waals surface area contributed by atoms with E-state index in [0.717, 1.165) is 3.97 Å². The van der Waals surface area contributed by atoms with Crippen LogP contribution in [0.2, 0.25) is 0 Å². The summed E-state index contributed by atoms with van der Waals surface area (Å²) in [6.45, 7) is 0.400. The molecule has 1 aromatic heterocycles. The Labute approximate surface area is 190 Å². The van der Waals surface area contributed by atoms with Crippen molar-refractivity contribution in [2.45, 2.75) is 11.3 Å². The van der Waals surface area contributed by atoms with Crippen LogP contribution in [0.5, 0.6) is 11.5 Å². The number of nitrogens with zero attached hydrogens (tertiary/aromatic N) is 1. The molecule has 0 aliphatic heterocycles. The third kappa shape index (κ3) is 4.09. The SMILES string of the molecule is O=C(c1cccc(OCCCCl)c1)c1cc2c(O)cccc2n1S(=O)(=O)c1ccccc1. The van der Waals surface area contributed by atoms with Crippen molar-refractivity contribution >= 4 is 38.3 Å². The van der Waals surface area contributed by atoms with Gasteiger partial charge in [-0.25, -0.2) is 12.4 Å². The van der Waals surface area contributed by atoms with Gasteiger partial charge in [0.25, 0.3) is 10.0 Å². The summed E-state index contributed by atoms with van der Waals surface area (Å²) in [5.74, 6) is 0.316. The number of halogens is 1. The second-order valence-corrected chi connectivity index (χ2v) is 9.23. The highest BCUT2D eigenvalue weighted by Gasteiger charge is 2.28. The molecule has 0 radical (unpaired) electrons. The normalized spacial score (nSPS) is 11.5. The zero-order valence-electron chi connectivity index (χ0n) is 16.9. The second kappa shape index (κ2) is 9.06. The van der Waals surface area contributed by atoms with Crippen molar-refractivity contribution in [3.63, 3.8) is 0 Å². The van der Waals surface area contributed by atoms with Gasteiger partial charge in [0, 0.05) is 16.8 Å². The number of phenolic OH excluding ortho intramolecular Hbond substituents is 1. The van der Waals surface area contributed by atoms with Crippen LogP contribution in [0.1, 0.15) is 22.5 Å². The summed E-state index contributed by atoms with van der Waals surface area (Å²) in [5, 5.41) is 10.6. The van der Waals surface area contributed by atoms with Crippen molar-refractivity contribution in [1.29, 1.82) is 0 Å². The lowest BCUT2D eigenvalue weighted by Gasteiger charge is -2.12. The summed E-state index contributed by atoms with van der Waals surface area (Å²) in [5.41, 5.74) is 0.398. The molecular formula is C24H20ClNO5S. The molecule has 3 aromatic carbocycles.